The lowest BCUT2D eigenvalue weighted by Crippen LogP contribution is -2.65. The number of hydrogen-bond acceptors (Lipinski definition) is 7. The average molecular weight is 720 g/mol. The topological polar surface area (TPSA) is 137 Å². The molecule has 1 aromatic rings. The SMILES string of the molecule is CCOC(=O)[C@@H]1C[C@@H](C)[C@@H]2C=C[C@H]3CCN(C(=O)[C@@H]4CC[C@H]5C=C[C@]6(CCCN6C(=O)[C@H](Cc6ccccc6Cl)NC(C)=O)C(=O)N54)[C@@H]3C(=O)N12. The first kappa shape index (κ1) is 35.2. The molecule has 7 rings (SSSR count). The molecule has 9 atom stereocenters. The molecule has 4 saturated heterocycles. The van der Waals surface area contributed by atoms with Crippen molar-refractivity contribution in [2.24, 2.45) is 11.8 Å². The minimum Gasteiger partial charge on any atom is -0.464 e. The molecular formula is C38H46ClN5O7. The number of nitrogens with one attached hydrogen (secondary N) is 1. The summed E-state index contributed by atoms with van der Waals surface area (Å²) in [6.45, 7) is 6.00. The Morgan fingerprint density at radius 3 is 2.55 bits per heavy atom. The van der Waals surface area contributed by atoms with Gasteiger partial charge in [-0.3, -0.25) is 24.0 Å². The van der Waals surface area contributed by atoms with Crippen LogP contribution in [0.3, 0.4) is 0 Å². The average Bonchev–Trinajstić information content (AvgIpc) is 3.88. The number of likely N-dealkylation sites (tertiary alicyclic amines) is 2. The van der Waals surface area contributed by atoms with Gasteiger partial charge in [0.05, 0.1) is 18.7 Å². The van der Waals surface area contributed by atoms with Crippen molar-refractivity contribution >= 4 is 47.1 Å². The molecule has 1 N–H and O–H groups in total. The Bertz CT molecular complexity index is 1700. The molecule has 1 spiro atoms. The Morgan fingerprint density at radius 1 is 1.02 bits per heavy atom. The number of fused-ring (bicyclic) bond motifs is 3. The van der Waals surface area contributed by atoms with E-state index in [2.05, 4.69) is 5.32 Å². The summed E-state index contributed by atoms with van der Waals surface area (Å²) in [7, 11) is 0. The standard InChI is InChI=1S/C38H46ClN5O7/c1-4-51-36(49)31-20-22(2)29-12-10-24-15-19-41(32(24)35(48)44(29)31)34(47)30-13-11-26-14-17-38(37(50)43(26)30)16-7-18-42(38)33(46)28(40-23(3)45)21-25-8-5-6-9-27(25)39/h5-6,8-10,12,14,17,22,24,26,28-32H,4,7,11,13,15-16,18-21H2,1-3H3,(H,40,45)/t22-,24+,26+,28+,29+,30+,31+,32+,38-/m1/s1. The van der Waals surface area contributed by atoms with Crippen LogP contribution >= 0.6 is 11.6 Å². The fourth-order valence-electron chi connectivity index (χ4n) is 9.49. The number of esters is 1. The first-order valence-corrected chi connectivity index (χ1v) is 18.7. The summed E-state index contributed by atoms with van der Waals surface area (Å²) in [4.78, 5) is 89.8. The van der Waals surface area contributed by atoms with E-state index >= 15 is 0 Å². The lowest BCUT2D eigenvalue weighted by Gasteiger charge is -2.45. The Morgan fingerprint density at radius 2 is 1.80 bits per heavy atom. The molecule has 272 valence electrons. The minimum atomic E-state index is -1.30. The number of nitrogens with zero attached hydrogens (tertiary/aromatic N) is 4. The number of amides is 5. The van der Waals surface area contributed by atoms with Gasteiger partial charge in [-0.15, -0.1) is 0 Å². The number of rotatable bonds is 7. The smallest absolute Gasteiger partial charge is 0.328 e. The van der Waals surface area contributed by atoms with E-state index in [0.717, 1.165) is 0 Å². The van der Waals surface area contributed by atoms with Gasteiger partial charge in [-0.1, -0.05) is 61.0 Å². The van der Waals surface area contributed by atoms with Crippen LogP contribution in [0.15, 0.2) is 48.6 Å². The highest BCUT2D eigenvalue weighted by Gasteiger charge is 2.59. The Balaban J connectivity index is 1.14. The molecule has 0 saturated carbocycles. The predicted molar refractivity (Wildman–Crippen MR) is 187 cm³/mol. The van der Waals surface area contributed by atoms with E-state index < -0.39 is 35.7 Å². The maximum Gasteiger partial charge on any atom is 0.328 e. The summed E-state index contributed by atoms with van der Waals surface area (Å²) in [5, 5.41) is 3.26. The molecule has 13 heteroatoms. The quantitative estimate of drug-likeness (QED) is 0.338. The minimum absolute atomic E-state index is 0.0547. The molecular weight excluding hydrogens is 674 g/mol. The zero-order valence-electron chi connectivity index (χ0n) is 29.3. The second-order valence-corrected chi connectivity index (χ2v) is 15.2. The summed E-state index contributed by atoms with van der Waals surface area (Å²) in [5.74, 6) is -2.18. The van der Waals surface area contributed by atoms with Crippen LogP contribution in [0.4, 0.5) is 0 Å². The van der Waals surface area contributed by atoms with Crippen molar-refractivity contribution in [2.75, 3.05) is 19.7 Å². The van der Waals surface area contributed by atoms with Crippen LogP contribution in [0.25, 0.3) is 0 Å². The van der Waals surface area contributed by atoms with E-state index in [4.69, 9.17) is 16.3 Å². The second-order valence-electron chi connectivity index (χ2n) is 14.8. The van der Waals surface area contributed by atoms with Gasteiger partial charge in [0.1, 0.15) is 29.7 Å². The maximum atomic E-state index is 14.8. The van der Waals surface area contributed by atoms with Gasteiger partial charge >= 0.3 is 5.97 Å². The van der Waals surface area contributed by atoms with Crippen molar-refractivity contribution in [2.45, 2.75) is 108 Å². The molecule has 51 heavy (non-hydrogen) atoms. The van der Waals surface area contributed by atoms with E-state index in [1.807, 2.05) is 37.3 Å². The zero-order valence-corrected chi connectivity index (χ0v) is 30.1. The monoisotopic (exact) mass is 719 g/mol. The maximum absolute atomic E-state index is 14.8. The third-order valence-corrected chi connectivity index (χ3v) is 12.2. The third-order valence-electron chi connectivity index (χ3n) is 11.8. The fourth-order valence-corrected chi connectivity index (χ4v) is 9.70. The van der Waals surface area contributed by atoms with Gasteiger partial charge in [-0.25, -0.2) is 4.79 Å². The molecule has 6 aliphatic rings. The summed E-state index contributed by atoms with van der Waals surface area (Å²) >= 11 is 6.43. The van der Waals surface area contributed by atoms with E-state index in [9.17, 15) is 28.8 Å². The molecule has 1 aromatic carbocycles. The van der Waals surface area contributed by atoms with E-state index in [-0.39, 0.29) is 66.5 Å². The van der Waals surface area contributed by atoms with Crippen molar-refractivity contribution in [3.05, 3.63) is 59.2 Å². The highest BCUT2D eigenvalue weighted by Crippen LogP contribution is 2.44. The Labute approximate surface area is 303 Å². The number of carbonyl (C=O) groups excluding carboxylic acids is 6. The molecule has 12 nitrogen and oxygen atoms in total. The van der Waals surface area contributed by atoms with Gasteiger partial charge in [0.2, 0.25) is 23.6 Å². The number of carbonyl (C=O) groups is 6. The highest BCUT2D eigenvalue weighted by molar-refractivity contribution is 6.31. The fraction of sp³-hybridized carbons (Fsp3) is 0.579. The summed E-state index contributed by atoms with van der Waals surface area (Å²) in [6.07, 6.45) is 11.0. The Hall–Kier alpha value is -4.19. The van der Waals surface area contributed by atoms with Gasteiger partial charge in [0.15, 0.2) is 0 Å². The van der Waals surface area contributed by atoms with Crippen LogP contribution in [-0.2, 0) is 39.9 Å². The van der Waals surface area contributed by atoms with Crippen LogP contribution in [0.1, 0.15) is 64.9 Å². The first-order valence-electron chi connectivity index (χ1n) is 18.3. The first-order chi connectivity index (χ1) is 24.5. The molecule has 0 radical (unpaired) electrons. The van der Waals surface area contributed by atoms with Crippen LogP contribution in [0.5, 0.6) is 0 Å². The van der Waals surface area contributed by atoms with Gasteiger partial charge in [-0.2, -0.15) is 0 Å². The van der Waals surface area contributed by atoms with E-state index in [1.54, 1.807) is 44.7 Å². The van der Waals surface area contributed by atoms with E-state index in [1.165, 1.54) is 6.92 Å². The summed E-state index contributed by atoms with van der Waals surface area (Å²) in [5.41, 5.74) is -0.598. The number of hydrogen-bond donors (Lipinski definition) is 1. The third kappa shape index (κ3) is 5.93. The molecule has 4 fully saturated rings. The zero-order chi connectivity index (χ0) is 36.2. The lowest BCUT2D eigenvalue weighted by molar-refractivity contribution is -0.159. The van der Waals surface area contributed by atoms with Gasteiger partial charge < -0.3 is 29.7 Å². The van der Waals surface area contributed by atoms with Crippen molar-refractivity contribution in [3.8, 4) is 0 Å². The molecule has 0 aromatic heterocycles. The molecule has 6 heterocycles. The summed E-state index contributed by atoms with van der Waals surface area (Å²) in [6, 6.07) is 3.32. The molecule has 6 aliphatic heterocycles. The Kier molecular flexibility index (Phi) is 9.49. The highest BCUT2D eigenvalue weighted by atomic mass is 35.5. The van der Waals surface area contributed by atoms with Crippen LogP contribution in [0.2, 0.25) is 5.02 Å². The normalized spacial score (nSPS) is 32.9. The van der Waals surface area contributed by atoms with Crippen LogP contribution in [0, 0.1) is 11.8 Å². The molecule has 0 bridgehead atoms. The van der Waals surface area contributed by atoms with Gasteiger partial charge in [0, 0.05) is 37.4 Å². The molecule has 0 aliphatic carbocycles. The van der Waals surface area contributed by atoms with Crippen molar-refractivity contribution in [1.29, 1.82) is 0 Å². The molecule has 5 amide bonds. The second kappa shape index (κ2) is 13.7. The van der Waals surface area contributed by atoms with Gasteiger partial charge in [0.25, 0.3) is 5.91 Å². The van der Waals surface area contributed by atoms with E-state index in [0.29, 0.717) is 62.2 Å². The molecule has 0 unspecified atom stereocenters. The largest absolute Gasteiger partial charge is 0.464 e. The van der Waals surface area contributed by atoms with Crippen LogP contribution in [-0.4, -0.2) is 117 Å². The number of halogens is 1. The lowest BCUT2D eigenvalue weighted by atomic mass is 9.88. The number of benzene rings is 1. The van der Waals surface area contributed by atoms with Crippen molar-refractivity contribution in [3.63, 3.8) is 0 Å². The van der Waals surface area contributed by atoms with Crippen molar-refractivity contribution in [1.82, 2.24) is 24.9 Å². The number of ether oxygens (including phenoxy) is 1. The van der Waals surface area contributed by atoms with Gasteiger partial charge in [-0.05, 0) is 63.0 Å². The summed E-state index contributed by atoms with van der Waals surface area (Å²) < 4.78 is 5.35. The van der Waals surface area contributed by atoms with Crippen molar-refractivity contribution < 1.29 is 33.5 Å². The predicted octanol–water partition coefficient (Wildman–Crippen LogP) is 2.63. The van der Waals surface area contributed by atoms with Crippen LogP contribution < -0.4 is 5.32 Å².